The molecule has 3 amide bonds. The Morgan fingerprint density at radius 2 is 1.46 bits per heavy atom. The SMILES string of the molecule is Cc1ccc(-c2ccc(O[C@H]3C[C@@H](C(=O)N[C@@H](Cc4ccc(OCC(C)C)cc4)C(=O)NS(=O)(=O)c4ccc([N+](=O)[O-])cc4)N(C(=O)OC(C)(C)C)C3)cc2)cc1. The van der Waals surface area contributed by atoms with E-state index in [1.54, 1.807) is 45.0 Å². The van der Waals surface area contributed by atoms with Crippen molar-refractivity contribution in [1.29, 1.82) is 0 Å². The molecule has 57 heavy (non-hydrogen) atoms. The Kier molecular flexibility index (Phi) is 13.2. The highest BCUT2D eigenvalue weighted by molar-refractivity contribution is 7.90. The summed E-state index contributed by atoms with van der Waals surface area (Å²) >= 11 is 0. The van der Waals surface area contributed by atoms with Crippen molar-refractivity contribution in [2.75, 3.05) is 13.2 Å². The fraction of sp³-hybridized carbons (Fsp3) is 0.357. The van der Waals surface area contributed by atoms with Crippen LogP contribution in [0.4, 0.5) is 10.5 Å². The lowest BCUT2D eigenvalue weighted by atomic mass is 10.0. The first-order chi connectivity index (χ1) is 26.9. The number of nitro groups is 1. The van der Waals surface area contributed by atoms with E-state index < -0.39 is 61.5 Å². The zero-order chi connectivity index (χ0) is 41.5. The molecule has 2 N–H and O–H groups in total. The van der Waals surface area contributed by atoms with Gasteiger partial charge in [-0.2, -0.15) is 0 Å². The first-order valence-electron chi connectivity index (χ1n) is 18.5. The molecular formula is C42H48N4O10S. The average molecular weight is 801 g/mol. The lowest BCUT2D eigenvalue weighted by molar-refractivity contribution is -0.384. The molecular weight excluding hydrogens is 753 g/mol. The Bertz CT molecular complexity index is 2150. The Labute approximate surface area is 332 Å². The number of benzene rings is 4. The summed E-state index contributed by atoms with van der Waals surface area (Å²) in [7, 11) is -4.53. The molecule has 5 rings (SSSR count). The molecule has 1 aliphatic heterocycles. The molecule has 0 saturated carbocycles. The molecule has 0 bridgehead atoms. The normalized spacial score (nSPS) is 16.1. The van der Waals surface area contributed by atoms with E-state index in [-0.39, 0.29) is 31.0 Å². The Morgan fingerprint density at radius 1 is 0.877 bits per heavy atom. The largest absolute Gasteiger partial charge is 0.493 e. The van der Waals surface area contributed by atoms with Crippen LogP contribution in [0.5, 0.6) is 11.5 Å². The number of sulfonamides is 1. The third-order valence-corrected chi connectivity index (χ3v) is 10.3. The van der Waals surface area contributed by atoms with Gasteiger partial charge in [0.2, 0.25) is 5.91 Å². The quantitative estimate of drug-likeness (QED) is 0.104. The number of rotatable bonds is 14. The topological polar surface area (TPSA) is 183 Å². The number of nitrogens with zero attached hydrogens (tertiary/aromatic N) is 2. The minimum Gasteiger partial charge on any atom is -0.493 e. The molecule has 15 heteroatoms. The van der Waals surface area contributed by atoms with E-state index in [1.165, 1.54) is 4.90 Å². The zero-order valence-corrected chi connectivity index (χ0v) is 33.6. The molecule has 0 unspecified atom stereocenters. The van der Waals surface area contributed by atoms with Gasteiger partial charge in [-0.05, 0) is 86.7 Å². The van der Waals surface area contributed by atoms with E-state index in [0.717, 1.165) is 41.0 Å². The molecule has 0 aromatic heterocycles. The van der Waals surface area contributed by atoms with Crippen molar-refractivity contribution in [2.45, 2.75) is 83.1 Å². The molecule has 1 heterocycles. The lowest BCUT2D eigenvalue weighted by Gasteiger charge is -2.28. The van der Waals surface area contributed by atoms with Crippen LogP contribution in [0.2, 0.25) is 0 Å². The van der Waals surface area contributed by atoms with Crippen LogP contribution >= 0.6 is 0 Å². The van der Waals surface area contributed by atoms with Crippen LogP contribution in [0.1, 0.15) is 52.2 Å². The van der Waals surface area contributed by atoms with Crippen molar-refractivity contribution in [1.82, 2.24) is 14.9 Å². The predicted octanol–water partition coefficient (Wildman–Crippen LogP) is 6.59. The van der Waals surface area contributed by atoms with Gasteiger partial charge in [-0.15, -0.1) is 0 Å². The van der Waals surface area contributed by atoms with E-state index >= 15 is 0 Å². The minimum absolute atomic E-state index is 0.00403. The van der Waals surface area contributed by atoms with E-state index in [9.17, 15) is 32.9 Å². The summed E-state index contributed by atoms with van der Waals surface area (Å²) in [5.41, 5.74) is 2.52. The van der Waals surface area contributed by atoms with Gasteiger partial charge in [-0.3, -0.25) is 24.6 Å². The van der Waals surface area contributed by atoms with Crippen molar-refractivity contribution in [3.05, 3.63) is 118 Å². The van der Waals surface area contributed by atoms with Gasteiger partial charge in [-0.25, -0.2) is 17.9 Å². The number of carbonyl (C=O) groups is 3. The maximum absolute atomic E-state index is 14.2. The summed E-state index contributed by atoms with van der Waals surface area (Å²) in [5, 5.41) is 13.8. The van der Waals surface area contributed by atoms with Crippen LogP contribution < -0.4 is 19.5 Å². The van der Waals surface area contributed by atoms with Crippen molar-refractivity contribution in [3.8, 4) is 22.6 Å². The molecule has 1 fully saturated rings. The standard InChI is InChI=1S/C42H48N4O10S/c1-27(2)26-54-33-17-9-29(10-18-33)23-37(39(47)44-57(52,53)36-21-15-32(16-22-36)46(50)51)43-40(48)38-24-35(25-45(38)41(49)56-42(4,5)6)55-34-19-13-31(14-20-34)30-11-7-28(3)8-12-30/h7-22,27,35,37-38H,23-26H2,1-6H3,(H,43,48)(H,44,47)/t35-,37-,38-/m0/s1. The number of carbonyl (C=O) groups excluding carboxylic acids is 3. The molecule has 302 valence electrons. The monoisotopic (exact) mass is 800 g/mol. The molecule has 4 aromatic rings. The van der Waals surface area contributed by atoms with E-state index in [2.05, 4.69) is 5.32 Å². The number of non-ortho nitro benzene ring substituents is 1. The lowest BCUT2D eigenvalue weighted by Crippen LogP contribution is -2.54. The highest BCUT2D eigenvalue weighted by Crippen LogP contribution is 2.28. The Hall–Kier alpha value is -5.96. The number of hydrogen-bond acceptors (Lipinski definition) is 10. The van der Waals surface area contributed by atoms with Crippen molar-refractivity contribution in [2.24, 2.45) is 5.92 Å². The number of nitrogens with one attached hydrogen (secondary N) is 2. The van der Waals surface area contributed by atoms with Crippen LogP contribution in [-0.2, 0) is 30.8 Å². The number of aryl methyl sites for hydroxylation is 1. The van der Waals surface area contributed by atoms with E-state index in [1.807, 2.05) is 74.0 Å². The van der Waals surface area contributed by atoms with Crippen molar-refractivity contribution >= 4 is 33.6 Å². The number of amides is 3. The molecule has 0 spiro atoms. The summed E-state index contributed by atoms with van der Waals surface area (Å²) in [6, 6.07) is 23.8. The fourth-order valence-corrected chi connectivity index (χ4v) is 7.04. The van der Waals surface area contributed by atoms with Gasteiger partial charge in [-0.1, -0.05) is 67.9 Å². The predicted molar refractivity (Wildman–Crippen MR) is 213 cm³/mol. The average Bonchev–Trinajstić information content (AvgIpc) is 3.58. The molecule has 14 nitrogen and oxygen atoms in total. The number of ether oxygens (including phenoxy) is 3. The summed E-state index contributed by atoms with van der Waals surface area (Å²) < 4.78 is 46.2. The molecule has 0 aliphatic carbocycles. The molecule has 1 aliphatic rings. The number of likely N-dealkylation sites (tertiary alicyclic amines) is 1. The summed E-state index contributed by atoms with van der Waals surface area (Å²) in [6.07, 6.45) is -1.49. The second kappa shape index (κ2) is 17.9. The highest BCUT2D eigenvalue weighted by atomic mass is 32.2. The second-order valence-electron chi connectivity index (χ2n) is 15.3. The van der Waals surface area contributed by atoms with Gasteiger partial charge in [0.25, 0.3) is 21.6 Å². The Morgan fingerprint density at radius 3 is 2.02 bits per heavy atom. The van der Waals surface area contributed by atoms with Gasteiger partial charge >= 0.3 is 6.09 Å². The summed E-state index contributed by atoms with van der Waals surface area (Å²) in [4.78, 5) is 52.8. The fourth-order valence-electron chi connectivity index (χ4n) is 6.03. The van der Waals surface area contributed by atoms with Gasteiger partial charge < -0.3 is 19.5 Å². The molecule has 1 saturated heterocycles. The van der Waals surface area contributed by atoms with Crippen LogP contribution in [-0.4, -0.2) is 73.1 Å². The van der Waals surface area contributed by atoms with Gasteiger partial charge in [0.15, 0.2) is 0 Å². The first kappa shape index (κ1) is 42.2. The number of nitro benzene ring substituents is 1. The maximum atomic E-state index is 14.2. The molecule has 3 atom stereocenters. The smallest absolute Gasteiger partial charge is 0.411 e. The maximum Gasteiger partial charge on any atom is 0.411 e. The van der Waals surface area contributed by atoms with Gasteiger partial charge in [0, 0.05) is 25.0 Å². The van der Waals surface area contributed by atoms with Crippen molar-refractivity contribution in [3.63, 3.8) is 0 Å². The molecule has 4 aromatic carbocycles. The van der Waals surface area contributed by atoms with Crippen LogP contribution in [0.3, 0.4) is 0 Å². The first-order valence-corrected chi connectivity index (χ1v) is 20.0. The minimum atomic E-state index is -4.53. The van der Waals surface area contributed by atoms with Crippen molar-refractivity contribution < 1.29 is 41.9 Å². The van der Waals surface area contributed by atoms with Gasteiger partial charge in [0.05, 0.1) is 23.0 Å². The van der Waals surface area contributed by atoms with Crippen LogP contribution in [0.15, 0.2) is 102 Å². The van der Waals surface area contributed by atoms with E-state index in [4.69, 9.17) is 14.2 Å². The summed E-state index contributed by atoms with van der Waals surface area (Å²) in [5.74, 6) is -0.392. The van der Waals surface area contributed by atoms with Crippen LogP contribution in [0, 0.1) is 23.0 Å². The summed E-state index contributed by atoms with van der Waals surface area (Å²) in [6.45, 7) is 11.6. The van der Waals surface area contributed by atoms with Crippen LogP contribution in [0.25, 0.3) is 11.1 Å². The second-order valence-corrected chi connectivity index (χ2v) is 17.0. The van der Waals surface area contributed by atoms with E-state index in [0.29, 0.717) is 23.7 Å². The highest BCUT2D eigenvalue weighted by Gasteiger charge is 2.43. The molecule has 0 radical (unpaired) electrons. The third-order valence-electron chi connectivity index (χ3n) is 8.91. The third kappa shape index (κ3) is 11.8. The number of hydrogen-bond donors (Lipinski definition) is 2. The zero-order valence-electron chi connectivity index (χ0n) is 32.8. The van der Waals surface area contributed by atoms with Gasteiger partial charge in [0.1, 0.15) is 35.3 Å². The Balaban J connectivity index is 1.37.